The molecule has 1 saturated carbocycles. The van der Waals surface area contributed by atoms with E-state index in [2.05, 4.69) is 41.6 Å². The van der Waals surface area contributed by atoms with Crippen molar-refractivity contribution < 1.29 is 4.79 Å². The Morgan fingerprint density at radius 2 is 1.97 bits per heavy atom. The first-order valence-corrected chi connectivity index (χ1v) is 10.6. The van der Waals surface area contributed by atoms with Gasteiger partial charge in [-0.2, -0.15) is 5.10 Å². The molecule has 0 spiro atoms. The smallest absolute Gasteiger partial charge is 0.238 e. The molecule has 1 amide bonds. The molecule has 1 aliphatic carbocycles. The number of rotatable bonds is 6. The molecule has 0 bridgehead atoms. The van der Waals surface area contributed by atoms with Crippen molar-refractivity contribution in [2.45, 2.75) is 62.4 Å². The van der Waals surface area contributed by atoms with Crippen LogP contribution in [0.3, 0.4) is 0 Å². The monoisotopic (exact) mass is 411 g/mol. The van der Waals surface area contributed by atoms with Gasteiger partial charge in [0.05, 0.1) is 22.7 Å². The lowest BCUT2D eigenvalue weighted by Gasteiger charge is -2.14. The van der Waals surface area contributed by atoms with Crippen LogP contribution in [-0.4, -0.2) is 41.1 Å². The maximum Gasteiger partial charge on any atom is 0.238 e. The standard InChI is InChI=1S/C20H25N7OS/c1-13(29-19-22-24-25-27(19)15-10-11-15)18(28)21-17-12-16(20(2,3)4)23-26(17)14-8-6-5-7-9-14/h5-9,12-13,15H,10-11H2,1-4H3,(H,21,28)/t13-/m1/s1. The van der Waals surface area contributed by atoms with Gasteiger partial charge in [-0.25, -0.2) is 9.36 Å². The molecule has 3 aromatic rings. The number of tetrazole rings is 1. The van der Waals surface area contributed by atoms with Gasteiger partial charge >= 0.3 is 0 Å². The summed E-state index contributed by atoms with van der Waals surface area (Å²) in [6, 6.07) is 12.1. The molecule has 1 aliphatic rings. The Bertz CT molecular complexity index is 1000. The first-order valence-electron chi connectivity index (χ1n) is 9.74. The molecule has 152 valence electrons. The molecule has 0 radical (unpaired) electrons. The molecule has 2 heterocycles. The van der Waals surface area contributed by atoms with Gasteiger partial charge in [-0.15, -0.1) is 5.10 Å². The number of anilines is 1. The molecule has 1 aromatic carbocycles. The van der Waals surface area contributed by atoms with E-state index in [0.717, 1.165) is 24.2 Å². The first kappa shape index (κ1) is 19.6. The molecule has 0 saturated heterocycles. The number of hydrogen-bond donors (Lipinski definition) is 1. The summed E-state index contributed by atoms with van der Waals surface area (Å²) >= 11 is 1.37. The maximum atomic E-state index is 12.9. The molecule has 2 aromatic heterocycles. The van der Waals surface area contributed by atoms with Crippen LogP contribution in [0.1, 0.15) is 52.3 Å². The second-order valence-electron chi connectivity index (χ2n) is 8.30. The summed E-state index contributed by atoms with van der Waals surface area (Å²) in [7, 11) is 0. The van der Waals surface area contributed by atoms with Crippen LogP contribution in [0.25, 0.3) is 5.69 Å². The van der Waals surface area contributed by atoms with E-state index in [-0.39, 0.29) is 16.6 Å². The van der Waals surface area contributed by atoms with Crippen LogP contribution in [0.2, 0.25) is 0 Å². The second-order valence-corrected chi connectivity index (χ2v) is 9.61. The topological polar surface area (TPSA) is 90.5 Å². The number of nitrogens with zero attached hydrogens (tertiary/aromatic N) is 6. The molecule has 1 atom stereocenters. The van der Waals surface area contributed by atoms with Crippen LogP contribution in [-0.2, 0) is 10.2 Å². The van der Waals surface area contributed by atoms with Gasteiger partial charge in [0.25, 0.3) is 0 Å². The highest BCUT2D eigenvalue weighted by Gasteiger charge is 2.30. The lowest BCUT2D eigenvalue weighted by atomic mass is 9.92. The number of carbonyl (C=O) groups is 1. The number of aromatic nitrogens is 6. The van der Waals surface area contributed by atoms with Crippen LogP contribution in [0.5, 0.6) is 0 Å². The Kier molecular flexibility index (Phi) is 5.16. The number of hydrogen-bond acceptors (Lipinski definition) is 6. The molecular weight excluding hydrogens is 386 g/mol. The van der Waals surface area contributed by atoms with Crippen molar-refractivity contribution in [3.8, 4) is 5.69 Å². The van der Waals surface area contributed by atoms with Crippen molar-refractivity contribution in [2.75, 3.05) is 5.32 Å². The van der Waals surface area contributed by atoms with Crippen molar-refractivity contribution in [1.29, 1.82) is 0 Å². The summed E-state index contributed by atoms with van der Waals surface area (Å²) in [5, 5.41) is 20.0. The van der Waals surface area contributed by atoms with Gasteiger partial charge in [0.1, 0.15) is 5.82 Å². The van der Waals surface area contributed by atoms with Gasteiger partial charge < -0.3 is 5.32 Å². The number of thioether (sulfide) groups is 1. The summed E-state index contributed by atoms with van der Waals surface area (Å²) in [6.45, 7) is 8.17. The van der Waals surface area contributed by atoms with Gasteiger partial charge in [0.15, 0.2) is 0 Å². The lowest BCUT2D eigenvalue weighted by Crippen LogP contribution is -2.24. The van der Waals surface area contributed by atoms with Crippen LogP contribution < -0.4 is 5.32 Å². The van der Waals surface area contributed by atoms with Crippen molar-refractivity contribution in [3.05, 3.63) is 42.1 Å². The molecule has 1 fully saturated rings. The zero-order valence-corrected chi connectivity index (χ0v) is 17.8. The molecular formula is C20H25N7OS. The average molecular weight is 412 g/mol. The Morgan fingerprint density at radius 3 is 2.62 bits per heavy atom. The van der Waals surface area contributed by atoms with Crippen LogP contribution >= 0.6 is 11.8 Å². The zero-order chi connectivity index (χ0) is 20.6. The largest absolute Gasteiger partial charge is 0.310 e. The molecule has 0 aliphatic heterocycles. The molecule has 0 unspecified atom stereocenters. The number of amides is 1. The fraction of sp³-hybridized carbons (Fsp3) is 0.450. The highest BCUT2D eigenvalue weighted by Crippen LogP contribution is 2.37. The number of benzene rings is 1. The Morgan fingerprint density at radius 1 is 1.24 bits per heavy atom. The SMILES string of the molecule is C[C@@H](Sc1nnnn1C1CC1)C(=O)Nc1cc(C(C)(C)C)nn1-c1ccccc1. The number of nitrogens with one attached hydrogen (secondary N) is 1. The molecule has 4 rings (SSSR count). The predicted octanol–water partition coefficient (Wildman–Crippen LogP) is 3.61. The van der Waals surface area contributed by atoms with Crippen molar-refractivity contribution >= 4 is 23.5 Å². The van der Waals surface area contributed by atoms with Gasteiger partial charge in [0.2, 0.25) is 11.1 Å². The normalized spacial score (nSPS) is 15.3. The zero-order valence-electron chi connectivity index (χ0n) is 17.0. The first-order chi connectivity index (χ1) is 13.8. The van der Waals surface area contributed by atoms with E-state index in [0.29, 0.717) is 17.0 Å². The second kappa shape index (κ2) is 7.62. The molecule has 8 nitrogen and oxygen atoms in total. The van der Waals surface area contributed by atoms with E-state index in [1.807, 2.05) is 48.0 Å². The number of carbonyl (C=O) groups excluding carboxylic acids is 1. The fourth-order valence-electron chi connectivity index (χ4n) is 2.85. The van der Waals surface area contributed by atoms with E-state index < -0.39 is 0 Å². The average Bonchev–Trinajstić information content (AvgIpc) is 3.26. The predicted molar refractivity (Wildman–Crippen MR) is 112 cm³/mol. The highest BCUT2D eigenvalue weighted by molar-refractivity contribution is 8.00. The van der Waals surface area contributed by atoms with Crippen molar-refractivity contribution in [1.82, 2.24) is 30.0 Å². The quantitative estimate of drug-likeness (QED) is 0.623. The molecule has 9 heteroatoms. The third-order valence-corrected chi connectivity index (χ3v) is 5.78. The lowest BCUT2D eigenvalue weighted by molar-refractivity contribution is -0.115. The maximum absolute atomic E-state index is 12.9. The van der Waals surface area contributed by atoms with Crippen LogP contribution in [0.4, 0.5) is 5.82 Å². The molecule has 1 N–H and O–H groups in total. The Labute approximate surface area is 174 Å². The van der Waals surface area contributed by atoms with E-state index in [4.69, 9.17) is 5.10 Å². The van der Waals surface area contributed by atoms with Crippen molar-refractivity contribution in [2.24, 2.45) is 0 Å². The van der Waals surface area contributed by atoms with Gasteiger partial charge in [-0.1, -0.05) is 50.7 Å². The third kappa shape index (κ3) is 4.34. The summed E-state index contributed by atoms with van der Waals surface area (Å²) in [6.07, 6.45) is 2.18. The minimum atomic E-state index is -0.351. The summed E-state index contributed by atoms with van der Waals surface area (Å²) in [5.41, 5.74) is 1.68. The van der Waals surface area contributed by atoms with E-state index in [9.17, 15) is 4.79 Å². The summed E-state index contributed by atoms with van der Waals surface area (Å²) in [5.74, 6) is 0.540. The minimum absolute atomic E-state index is 0.113. The van der Waals surface area contributed by atoms with Gasteiger partial charge in [-0.05, 0) is 42.3 Å². The Balaban J connectivity index is 1.55. The van der Waals surface area contributed by atoms with Crippen LogP contribution in [0, 0.1) is 0 Å². The minimum Gasteiger partial charge on any atom is -0.310 e. The third-order valence-electron chi connectivity index (χ3n) is 4.74. The number of para-hydroxylation sites is 1. The highest BCUT2D eigenvalue weighted by atomic mass is 32.2. The molecule has 29 heavy (non-hydrogen) atoms. The van der Waals surface area contributed by atoms with E-state index in [1.54, 1.807) is 4.68 Å². The fourth-order valence-corrected chi connectivity index (χ4v) is 3.71. The summed E-state index contributed by atoms with van der Waals surface area (Å²) < 4.78 is 3.60. The van der Waals surface area contributed by atoms with Gasteiger partial charge in [-0.3, -0.25) is 4.79 Å². The summed E-state index contributed by atoms with van der Waals surface area (Å²) in [4.78, 5) is 12.9. The Hall–Kier alpha value is -2.68. The van der Waals surface area contributed by atoms with E-state index >= 15 is 0 Å². The van der Waals surface area contributed by atoms with Gasteiger partial charge in [0, 0.05) is 11.5 Å². The van der Waals surface area contributed by atoms with E-state index in [1.165, 1.54) is 11.8 Å². The van der Waals surface area contributed by atoms with Crippen LogP contribution in [0.15, 0.2) is 41.6 Å². The van der Waals surface area contributed by atoms with Crippen molar-refractivity contribution in [3.63, 3.8) is 0 Å².